The molecule has 0 spiro atoms. The molecule has 0 aliphatic heterocycles. The number of oxime groups is 1. The fourth-order valence-corrected chi connectivity index (χ4v) is 2.90. The maximum Gasteiger partial charge on any atom is 0.260 e. The first-order valence-corrected chi connectivity index (χ1v) is 7.37. The Kier molecular flexibility index (Phi) is 4.90. The SMILES string of the molecule is CCC(NS(=O)(=O)c1cn(CC)c(C)n1)C(N)=NO. The second-order valence-corrected chi connectivity index (χ2v) is 5.68. The van der Waals surface area contributed by atoms with Gasteiger partial charge >= 0.3 is 0 Å². The molecule has 1 heterocycles. The van der Waals surface area contributed by atoms with Crippen molar-refractivity contribution in [3.63, 3.8) is 0 Å². The molecule has 0 saturated carbocycles. The molecular weight excluding hydrogens is 270 g/mol. The van der Waals surface area contributed by atoms with Crippen LogP contribution in [0.1, 0.15) is 26.1 Å². The van der Waals surface area contributed by atoms with E-state index in [-0.39, 0.29) is 10.9 Å². The van der Waals surface area contributed by atoms with Crippen molar-refractivity contribution in [2.75, 3.05) is 0 Å². The van der Waals surface area contributed by atoms with Crippen LogP contribution in [0.25, 0.3) is 0 Å². The van der Waals surface area contributed by atoms with Gasteiger partial charge in [-0.15, -0.1) is 0 Å². The van der Waals surface area contributed by atoms with Crippen molar-refractivity contribution in [3.05, 3.63) is 12.0 Å². The highest BCUT2D eigenvalue weighted by molar-refractivity contribution is 7.89. The summed E-state index contributed by atoms with van der Waals surface area (Å²) in [5.74, 6) is 0.428. The molecule has 4 N–H and O–H groups in total. The first kappa shape index (κ1) is 15.4. The number of nitrogens with two attached hydrogens (primary N) is 1. The topological polar surface area (TPSA) is 123 Å². The standard InChI is InChI=1S/C10H19N5O3S/c1-4-8(10(11)13-16)14-19(17,18)9-6-15(5-2)7(3)12-9/h6,8,14,16H,4-5H2,1-3H3,(H2,11,13). The molecule has 8 nitrogen and oxygen atoms in total. The van der Waals surface area contributed by atoms with Gasteiger partial charge in [-0.3, -0.25) is 0 Å². The Morgan fingerprint density at radius 1 is 1.63 bits per heavy atom. The second-order valence-electron chi connectivity index (χ2n) is 4.02. The molecule has 1 aromatic rings. The number of rotatable bonds is 6. The van der Waals surface area contributed by atoms with E-state index in [2.05, 4.69) is 14.9 Å². The zero-order valence-corrected chi connectivity index (χ0v) is 12.0. The number of nitrogens with zero attached hydrogens (tertiary/aromatic N) is 3. The van der Waals surface area contributed by atoms with E-state index in [1.165, 1.54) is 6.20 Å². The van der Waals surface area contributed by atoms with Gasteiger partial charge in [-0.2, -0.15) is 4.72 Å². The van der Waals surface area contributed by atoms with Gasteiger partial charge in [-0.05, 0) is 20.3 Å². The first-order valence-electron chi connectivity index (χ1n) is 5.89. The highest BCUT2D eigenvalue weighted by Crippen LogP contribution is 2.10. The number of hydrogen-bond donors (Lipinski definition) is 3. The molecule has 1 aromatic heterocycles. The zero-order valence-electron chi connectivity index (χ0n) is 11.2. The molecule has 0 fully saturated rings. The first-order chi connectivity index (χ1) is 8.85. The summed E-state index contributed by atoms with van der Waals surface area (Å²) >= 11 is 0. The quantitative estimate of drug-likeness (QED) is 0.295. The van der Waals surface area contributed by atoms with Crippen LogP contribution in [0, 0.1) is 6.92 Å². The number of aromatic nitrogens is 2. The van der Waals surface area contributed by atoms with Crippen LogP contribution in [0.2, 0.25) is 0 Å². The summed E-state index contributed by atoms with van der Waals surface area (Å²) in [6.07, 6.45) is 1.82. The molecule has 0 bridgehead atoms. The zero-order chi connectivity index (χ0) is 14.6. The second kappa shape index (κ2) is 6.02. The number of sulfonamides is 1. The third-order valence-corrected chi connectivity index (χ3v) is 4.09. The van der Waals surface area contributed by atoms with Crippen LogP contribution in [-0.2, 0) is 16.6 Å². The lowest BCUT2D eigenvalue weighted by Gasteiger charge is -2.14. The lowest BCUT2D eigenvalue weighted by Crippen LogP contribution is -2.44. The highest BCUT2D eigenvalue weighted by Gasteiger charge is 2.24. The van der Waals surface area contributed by atoms with Gasteiger partial charge in [0, 0.05) is 12.7 Å². The lowest BCUT2D eigenvalue weighted by atomic mass is 10.2. The fourth-order valence-electron chi connectivity index (χ4n) is 1.60. The van der Waals surface area contributed by atoms with Gasteiger partial charge in [0.1, 0.15) is 5.82 Å². The Labute approximate surface area is 112 Å². The molecule has 0 amide bonds. The van der Waals surface area contributed by atoms with E-state index in [0.29, 0.717) is 18.8 Å². The third kappa shape index (κ3) is 3.44. The van der Waals surface area contributed by atoms with E-state index in [1.807, 2.05) is 6.92 Å². The van der Waals surface area contributed by atoms with E-state index < -0.39 is 16.1 Å². The molecule has 9 heteroatoms. The Morgan fingerprint density at radius 3 is 2.68 bits per heavy atom. The molecule has 1 rings (SSSR count). The van der Waals surface area contributed by atoms with Crippen molar-refractivity contribution in [1.29, 1.82) is 0 Å². The van der Waals surface area contributed by atoms with Crippen LogP contribution in [0.4, 0.5) is 0 Å². The van der Waals surface area contributed by atoms with Gasteiger partial charge in [-0.1, -0.05) is 12.1 Å². The summed E-state index contributed by atoms with van der Waals surface area (Å²) < 4.78 is 28.3. The van der Waals surface area contributed by atoms with E-state index in [1.54, 1.807) is 18.4 Å². The minimum atomic E-state index is -3.79. The Hall–Kier alpha value is -1.61. The minimum absolute atomic E-state index is 0.0731. The average molecular weight is 289 g/mol. The van der Waals surface area contributed by atoms with E-state index >= 15 is 0 Å². The average Bonchev–Trinajstić information content (AvgIpc) is 2.77. The van der Waals surface area contributed by atoms with Gasteiger partial charge < -0.3 is 15.5 Å². The van der Waals surface area contributed by atoms with E-state index in [0.717, 1.165) is 0 Å². The van der Waals surface area contributed by atoms with Crippen molar-refractivity contribution >= 4 is 15.9 Å². The highest BCUT2D eigenvalue weighted by atomic mass is 32.2. The largest absolute Gasteiger partial charge is 0.409 e. The molecule has 1 atom stereocenters. The van der Waals surface area contributed by atoms with Crippen molar-refractivity contribution < 1.29 is 13.6 Å². The molecule has 0 radical (unpaired) electrons. The lowest BCUT2D eigenvalue weighted by molar-refractivity contribution is 0.315. The Bertz CT molecular complexity index is 564. The summed E-state index contributed by atoms with van der Waals surface area (Å²) in [5.41, 5.74) is 5.42. The van der Waals surface area contributed by atoms with E-state index in [9.17, 15) is 8.42 Å². The van der Waals surface area contributed by atoms with Crippen LogP contribution in [0.5, 0.6) is 0 Å². The molecular formula is C10H19N5O3S. The smallest absolute Gasteiger partial charge is 0.260 e. The minimum Gasteiger partial charge on any atom is -0.409 e. The number of imidazole rings is 1. The summed E-state index contributed by atoms with van der Waals surface area (Å²) in [5, 5.41) is 11.3. The summed E-state index contributed by atoms with van der Waals surface area (Å²) in [4.78, 5) is 3.99. The molecule has 19 heavy (non-hydrogen) atoms. The van der Waals surface area contributed by atoms with Gasteiger partial charge in [0.15, 0.2) is 10.9 Å². The molecule has 108 valence electrons. The Morgan fingerprint density at radius 2 is 2.26 bits per heavy atom. The third-order valence-electron chi connectivity index (χ3n) is 2.75. The van der Waals surface area contributed by atoms with Gasteiger partial charge in [0.2, 0.25) is 0 Å². The van der Waals surface area contributed by atoms with Crippen LogP contribution in [0.3, 0.4) is 0 Å². The molecule has 0 aliphatic rings. The predicted octanol–water partition coefficient (Wildman–Crippen LogP) is 0.0147. The van der Waals surface area contributed by atoms with Crippen LogP contribution in [-0.4, -0.2) is 35.1 Å². The normalized spacial score (nSPS) is 14.6. The van der Waals surface area contributed by atoms with Crippen molar-refractivity contribution in [1.82, 2.24) is 14.3 Å². The molecule has 0 aromatic carbocycles. The molecule has 1 unspecified atom stereocenters. The van der Waals surface area contributed by atoms with Crippen LogP contribution in [0.15, 0.2) is 16.4 Å². The Balaban J connectivity index is 3.03. The molecule has 0 saturated heterocycles. The van der Waals surface area contributed by atoms with Gasteiger partial charge in [0.05, 0.1) is 6.04 Å². The number of nitrogens with one attached hydrogen (secondary N) is 1. The maximum atomic E-state index is 12.1. The summed E-state index contributed by atoms with van der Waals surface area (Å²) in [7, 11) is -3.79. The van der Waals surface area contributed by atoms with Crippen molar-refractivity contribution in [2.24, 2.45) is 10.9 Å². The maximum absolute atomic E-state index is 12.1. The predicted molar refractivity (Wildman–Crippen MR) is 70.4 cm³/mol. The van der Waals surface area contributed by atoms with Gasteiger partial charge in [0.25, 0.3) is 10.0 Å². The van der Waals surface area contributed by atoms with Crippen molar-refractivity contribution in [2.45, 2.75) is 44.8 Å². The fraction of sp³-hybridized carbons (Fsp3) is 0.600. The van der Waals surface area contributed by atoms with Crippen molar-refractivity contribution in [3.8, 4) is 0 Å². The van der Waals surface area contributed by atoms with Gasteiger partial charge in [-0.25, -0.2) is 13.4 Å². The summed E-state index contributed by atoms with van der Waals surface area (Å²) in [6.45, 7) is 5.97. The number of hydrogen-bond acceptors (Lipinski definition) is 5. The monoisotopic (exact) mass is 289 g/mol. The van der Waals surface area contributed by atoms with Crippen LogP contribution >= 0.6 is 0 Å². The van der Waals surface area contributed by atoms with E-state index in [4.69, 9.17) is 10.9 Å². The molecule has 0 aliphatic carbocycles. The van der Waals surface area contributed by atoms with Crippen LogP contribution < -0.4 is 10.5 Å². The number of aryl methyl sites for hydroxylation is 2. The number of amidine groups is 1. The summed E-state index contributed by atoms with van der Waals surface area (Å²) in [6, 6.07) is -0.762.